The first-order valence-corrected chi connectivity index (χ1v) is 5.77. The van der Waals surface area contributed by atoms with E-state index in [4.69, 9.17) is 0 Å². The van der Waals surface area contributed by atoms with Crippen LogP contribution in [0.1, 0.15) is 32.0 Å². The molecule has 2 aromatic rings. The zero-order valence-electron chi connectivity index (χ0n) is 10.7. The van der Waals surface area contributed by atoms with Crippen molar-refractivity contribution in [2.24, 2.45) is 0 Å². The lowest BCUT2D eigenvalue weighted by atomic mass is 9.93. The van der Waals surface area contributed by atoms with Crippen LogP contribution in [0.3, 0.4) is 0 Å². The molecule has 3 heteroatoms. The molecule has 1 aromatic heterocycles. The van der Waals surface area contributed by atoms with Gasteiger partial charge in [0.1, 0.15) is 0 Å². The van der Waals surface area contributed by atoms with Crippen molar-refractivity contribution in [3.05, 3.63) is 51.9 Å². The fraction of sp³-hybridized carbons (Fsp3) is 0.357. The molecule has 1 N–H and O–H groups in total. The average molecular weight is 230 g/mol. The number of H-pyrrole nitrogens is 1. The molecule has 0 radical (unpaired) electrons. The average Bonchev–Trinajstić information content (AvgIpc) is 2.61. The quantitative estimate of drug-likeness (QED) is 0.803. The Bertz CT molecular complexity index is 568. The molecule has 0 aliphatic carbocycles. The van der Waals surface area contributed by atoms with Crippen molar-refractivity contribution in [3.63, 3.8) is 0 Å². The van der Waals surface area contributed by atoms with Crippen molar-refractivity contribution in [3.8, 4) is 5.69 Å². The number of aromatic amines is 1. The standard InChI is InChI=1S/C14H18N2O/c1-10-5-7-11(8-6-10)16-13(17)9-12(15-16)14(2,3)4/h5-9,15H,1-4H3. The lowest BCUT2D eigenvalue weighted by molar-refractivity contribution is 0.560. The third kappa shape index (κ3) is 2.33. The molecule has 3 nitrogen and oxygen atoms in total. The molecule has 0 atom stereocenters. The zero-order valence-corrected chi connectivity index (χ0v) is 10.7. The van der Waals surface area contributed by atoms with Crippen molar-refractivity contribution < 1.29 is 0 Å². The highest BCUT2D eigenvalue weighted by atomic mass is 16.1. The number of hydrogen-bond donors (Lipinski definition) is 1. The normalized spacial score (nSPS) is 11.8. The molecule has 0 saturated carbocycles. The molecular weight excluding hydrogens is 212 g/mol. The second kappa shape index (κ2) is 3.91. The molecule has 0 aliphatic rings. The minimum atomic E-state index is -0.0465. The summed E-state index contributed by atoms with van der Waals surface area (Å²) in [5, 5.41) is 3.16. The van der Waals surface area contributed by atoms with Crippen molar-refractivity contribution in [1.82, 2.24) is 9.78 Å². The monoisotopic (exact) mass is 230 g/mol. The third-order valence-electron chi connectivity index (χ3n) is 2.82. The molecule has 0 aliphatic heterocycles. The van der Waals surface area contributed by atoms with E-state index in [1.54, 1.807) is 10.7 Å². The highest BCUT2D eigenvalue weighted by molar-refractivity contribution is 5.34. The van der Waals surface area contributed by atoms with E-state index >= 15 is 0 Å². The van der Waals surface area contributed by atoms with Crippen LogP contribution in [0.4, 0.5) is 0 Å². The number of benzene rings is 1. The molecule has 1 heterocycles. The van der Waals surface area contributed by atoms with Gasteiger partial charge in [-0.3, -0.25) is 9.89 Å². The summed E-state index contributed by atoms with van der Waals surface area (Å²) in [6, 6.07) is 9.55. The molecule has 0 fully saturated rings. The first-order valence-electron chi connectivity index (χ1n) is 5.77. The SMILES string of the molecule is Cc1ccc(-n2[nH]c(C(C)(C)C)cc2=O)cc1. The Morgan fingerprint density at radius 2 is 1.71 bits per heavy atom. The van der Waals surface area contributed by atoms with Crippen LogP contribution < -0.4 is 5.56 Å². The number of aryl methyl sites for hydroxylation is 1. The van der Waals surface area contributed by atoms with Gasteiger partial charge in [0.2, 0.25) is 0 Å². The van der Waals surface area contributed by atoms with Gasteiger partial charge in [-0.15, -0.1) is 0 Å². The summed E-state index contributed by atoms with van der Waals surface area (Å²) in [5.41, 5.74) is 2.94. The fourth-order valence-corrected chi connectivity index (χ4v) is 1.67. The lowest BCUT2D eigenvalue weighted by Gasteiger charge is -2.15. The first-order chi connectivity index (χ1) is 7.88. The maximum atomic E-state index is 11.9. The Hall–Kier alpha value is -1.77. The van der Waals surface area contributed by atoms with Crippen molar-refractivity contribution in [2.45, 2.75) is 33.1 Å². The smallest absolute Gasteiger partial charge is 0.271 e. The Balaban J connectivity index is 2.50. The van der Waals surface area contributed by atoms with E-state index in [9.17, 15) is 4.79 Å². The van der Waals surface area contributed by atoms with Gasteiger partial charge in [0.15, 0.2) is 0 Å². The van der Waals surface area contributed by atoms with Crippen LogP contribution in [0.5, 0.6) is 0 Å². The summed E-state index contributed by atoms with van der Waals surface area (Å²) in [6.45, 7) is 8.27. The topological polar surface area (TPSA) is 37.8 Å². The summed E-state index contributed by atoms with van der Waals surface area (Å²) in [6.07, 6.45) is 0. The Morgan fingerprint density at radius 3 is 2.18 bits per heavy atom. The van der Waals surface area contributed by atoms with Crippen molar-refractivity contribution in [2.75, 3.05) is 0 Å². The molecular formula is C14H18N2O. The molecule has 0 spiro atoms. The maximum absolute atomic E-state index is 11.9. The second-order valence-electron chi connectivity index (χ2n) is 5.43. The summed E-state index contributed by atoms with van der Waals surface area (Å²) >= 11 is 0. The van der Waals surface area contributed by atoms with Crippen LogP contribution in [-0.4, -0.2) is 9.78 Å². The highest BCUT2D eigenvalue weighted by Crippen LogP contribution is 2.19. The van der Waals surface area contributed by atoms with Gasteiger partial charge >= 0.3 is 0 Å². The summed E-state index contributed by atoms with van der Waals surface area (Å²) in [7, 11) is 0. The zero-order chi connectivity index (χ0) is 12.6. The summed E-state index contributed by atoms with van der Waals surface area (Å²) in [5.74, 6) is 0. The van der Waals surface area contributed by atoms with Crippen LogP contribution >= 0.6 is 0 Å². The minimum Gasteiger partial charge on any atom is -0.294 e. The van der Waals surface area contributed by atoms with Gasteiger partial charge in [-0.05, 0) is 19.1 Å². The van der Waals surface area contributed by atoms with Crippen molar-refractivity contribution >= 4 is 0 Å². The van der Waals surface area contributed by atoms with E-state index in [1.807, 2.05) is 31.2 Å². The Labute approximate surface area is 101 Å². The Morgan fingerprint density at radius 1 is 1.12 bits per heavy atom. The number of aromatic nitrogens is 2. The van der Waals surface area contributed by atoms with Gasteiger partial charge in [0.05, 0.1) is 5.69 Å². The van der Waals surface area contributed by atoms with Gasteiger partial charge in [-0.2, -0.15) is 0 Å². The molecule has 0 bridgehead atoms. The summed E-state index contributed by atoms with van der Waals surface area (Å²) in [4.78, 5) is 11.9. The van der Waals surface area contributed by atoms with E-state index in [1.165, 1.54) is 5.56 Å². The number of nitrogens with one attached hydrogen (secondary N) is 1. The third-order valence-corrected chi connectivity index (χ3v) is 2.82. The van der Waals surface area contributed by atoms with E-state index in [0.717, 1.165) is 11.4 Å². The van der Waals surface area contributed by atoms with Crippen LogP contribution in [0, 0.1) is 6.92 Å². The first kappa shape index (κ1) is 11.7. The molecule has 17 heavy (non-hydrogen) atoms. The van der Waals surface area contributed by atoms with E-state index in [0.29, 0.717) is 0 Å². The predicted octanol–water partition coefficient (Wildman–Crippen LogP) is 2.77. The minimum absolute atomic E-state index is 0.0150. The predicted molar refractivity (Wildman–Crippen MR) is 69.8 cm³/mol. The molecule has 0 saturated heterocycles. The second-order valence-corrected chi connectivity index (χ2v) is 5.43. The number of nitrogens with zero attached hydrogens (tertiary/aromatic N) is 1. The van der Waals surface area contributed by atoms with E-state index in [2.05, 4.69) is 25.9 Å². The molecule has 0 unspecified atom stereocenters. The molecule has 1 aromatic carbocycles. The maximum Gasteiger partial charge on any atom is 0.271 e. The van der Waals surface area contributed by atoms with Gasteiger partial charge in [0, 0.05) is 17.2 Å². The highest BCUT2D eigenvalue weighted by Gasteiger charge is 2.17. The fourth-order valence-electron chi connectivity index (χ4n) is 1.67. The number of rotatable bonds is 1. The van der Waals surface area contributed by atoms with Crippen LogP contribution in [-0.2, 0) is 5.41 Å². The van der Waals surface area contributed by atoms with Gasteiger partial charge in [-0.1, -0.05) is 38.5 Å². The molecule has 90 valence electrons. The van der Waals surface area contributed by atoms with Crippen LogP contribution in [0.25, 0.3) is 5.69 Å². The van der Waals surface area contributed by atoms with Crippen LogP contribution in [0.15, 0.2) is 35.1 Å². The van der Waals surface area contributed by atoms with Crippen molar-refractivity contribution in [1.29, 1.82) is 0 Å². The largest absolute Gasteiger partial charge is 0.294 e. The number of hydrogen-bond acceptors (Lipinski definition) is 1. The Kier molecular flexibility index (Phi) is 2.69. The summed E-state index contributed by atoms with van der Waals surface area (Å²) < 4.78 is 1.58. The van der Waals surface area contributed by atoms with Crippen LogP contribution in [0.2, 0.25) is 0 Å². The van der Waals surface area contributed by atoms with Gasteiger partial charge in [-0.25, -0.2) is 4.68 Å². The van der Waals surface area contributed by atoms with E-state index < -0.39 is 0 Å². The van der Waals surface area contributed by atoms with Gasteiger partial charge < -0.3 is 0 Å². The van der Waals surface area contributed by atoms with Gasteiger partial charge in [0.25, 0.3) is 5.56 Å². The molecule has 0 amide bonds. The molecule has 2 rings (SSSR count). The lowest BCUT2D eigenvalue weighted by Crippen LogP contribution is -2.14. The van der Waals surface area contributed by atoms with E-state index in [-0.39, 0.29) is 11.0 Å².